The van der Waals surface area contributed by atoms with Crippen LogP contribution in [-0.4, -0.2) is 52.4 Å². The molecule has 1 aromatic carbocycles. The van der Waals surface area contributed by atoms with Crippen molar-refractivity contribution in [3.63, 3.8) is 0 Å². The standard InChI is InChI=1S/C19H23FN6O3/c1-9-14-17(26(2)15(16(21)27)18(28)24-14)25-19(22-9)23-11-7-13(8-11)29-12-5-3-10(20)4-6-12/h3-6,11,13,15-16,27H,7-8,21H2,1-2H3,(H,24,28)(H,22,23,25)/t11?,13?,15-,16-/m0/s1. The molecular weight excluding hydrogens is 379 g/mol. The molecule has 1 fully saturated rings. The number of fused-ring (bicyclic) bond motifs is 1. The number of anilines is 3. The number of aryl methyl sites for hydroxylation is 1. The highest BCUT2D eigenvalue weighted by molar-refractivity contribution is 6.03. The maximum Gasteiger partial charge on any atom is 0.251 e. The highest BCUT2D eigenvalue weighted by atomic mass is 19.1. The summed E-state index contributed by atoms with van der Waals surface area (Å²) in [5.74, 6) is 0.866. The quantitative estimate of drug-likeness (QED) is 0.546. The number of nitrogens with zero attached hydrogens (tertiary/aromatic N) is 3. The molecule has 1 aliphatic carbocycles. The van der Waals surface area contributed by atoms with E-state index in [0.29, 0.717) is 28.9 Å². The van der Waals surface area contributed by atoms with Crippen molar-refractivity contribution in [2.45, 2.75) is 44.2 Å². The maximum atomic E-state index is 13.0. The Morgan fingerprint density at radius 2 is 2.03 bits per heavy atom. The highest BCUT2D eigenvalue weighted by Gasteiger charge is 2.37. The van der Waals surface area contributed by atoms with Crippen LogP contribution in [0.4, 0.5) is 21.8 Å². The summed E-state index contributed by atoms with van der Waals surface area (Å²) < 4.78 is 18.8. The predicted molar refractivity (Wildman–Crippen MR) is 105 cm³/mol. The van der Waals surface area contributed by atoms with Crippen LogP contribution in [0.25, 0.3) is 0 Å². The summed E-state index contributed by atoms with van der Waals surface area (Å²) in [5, 5.41) is 15.7. The van der Waals surface area contributed by atoms with E-state index >= 15 is 0 Å². The maximum absolute atomic E-state index is 13.0. The molecule has 0 saturated heterocycles. The molecule has 0 bridgehead atoms. The second-order valence-electron chi connectivity index (χ2n) is 7.37. The number of halogens is 1. The van der Waals surface area contributed by atoms with E-state index in [0.717, 1.165) is 12.8 Å². The first-order chi connectivity index (χ1) is 13.8. The van der Waals surface area contributed by atoms with E-state index in [1.54, 1.807) is 31.0 Å². The first-order valence-corrected chi connectivity index (χ1v) is 9.36. The Balaban J connectivity index is 1.41. The molecular formula is C19H23FN6O3. The van der Waals surface area contributed by atoms with Gasteiger partial charge in [-0.15, -0.1) is 0 Å². The summed E-state index contributed by atoms with van der Waals surface area (Å²) in [6.07, 6.45) is 0.215. The average Bonchev–Trinajstić information content (AvgIpc) is 2.62. The van der Waals surface area contributed by atoms with Gasteiger partial charge in [0.15, 0.2) is 5.82 Å². The van der Waals surface area contributed by atoms with Crippen LogP contribution in [0.1, 0.15) is 18.5 Å². The minimum Gasteiger partial charge on any atom is -0.490 e. The summed E-state index contributed by atoms with van der Waals surface area (Å²) in [4.78, 5) is 22.7. The van der Waals surface area contributed by atoms with Crippen molar-refractivity contribution >= 4 is 23.4 Å². The van der Waals surface area contributed by atoms with Crippen LogP contribution in [0.5, 0.6) is 5.75 Å². The lowest BCUT2D eigenvalue weighted by atomic mass is 9.89. The smallest absolute Gasteiger partial charge is 0.251 e. The number of hydrogen-bond donors (Lipinski definition) is 4. The number of rotatable bonds is 5. The number of likely N-dealkylation sites (N-methyl/N-ethyl adjacent to an activating group) is 1. The number of aromatic nitrogens is 2. The Labute approximate surface area is 167 Å². The third kappa shape index (κ3) is 3.81. The minimum absolute atomic E-state index is 0.0374. The van der Waals surface area contributed by atoms with E-state index in [-0.39, 0.29) is 18.0 Å². The third-order valence-corrected chi connectivity index (χ3v) is 5.21. The van der Waals surface area contributed by atoms with Gasteiger partial charge in [-0.2, -0.15) is 4.98 Å². The summed E-state index contributed by atoms with van der Waals surface area (Å²) >= 11 is 0. The molecule has 29 heavy (non-hydrogen) atoms. The van der Waals surface area contributed by atoms with Gasteiger partial charge in [-0.05, 0) is 31.2 Å². The fraction of sp³-hybridized carbons (Fsp3) is 0.421. The number of carbonyl (C=O) groups excluding carboxylic acids is 1. The molecule has 1 saturated carbocycles. The molecule has 1 aliphatic heterocycles. The van der Waals surface area contributed by atoms with Gasteiger partial charge in [0.2, 0.25) is 5.95 Å². The van der Waals surface area contributed by atoms with Crippen LogP contribution in [0.3, 0.4) is 0 Å². The van der Waals surface area contributed by atoms with Gasteiger partial charge >= 0.3 is 0 Å². The van der Waals surface area contributed by atoms with Crippen LogP contribution < -0.4 is 26.0 Å². The van der Waals surface area contributed by atoms with Gasteiger partial charge in [-0.3, -0.25) is 4.79 Å². The molecule has 0 radical (unpaired) electrons. The van der Waals surface area contributed by atoms with Gasteiger partial charge in [-0.25, -0.2) is 9.37 Å². The van der Waals surface area contributed by atoms with E-state index in [9.17, 15) is 14.3 Å². The molecule has 10 heteroatoms. The molecule has 9 nitrogen and oxygen atoms in total. The largest absolute Gasteiger partial charge is 0.490 e. The molecule has 0 spiro atoms. The van der Waals surface area contributed by atoms with Crippen molar-refractivity contribution < 1.29 is 19.0 Å². The zero-order chi connectivity index (χ0) is 20.7. The fourth-order valence-electron chi connectivity index (χ4n) is 3.58. The van der Waals surface area contributed by atoms with Crippen LogP contribution in [0.2, 0.25) is 0 Å². The van der Waals surface area contributed by atoms with Crippen molar-refractivity contribution in [1.29, 1.82) is 0 Å². The van der Waals surface area contributed by atoms with Gasteiger partial charge in [0.05, 0.1) is 5.69 Å². The molecule has 2 atom stereocenters. The monoisotopic (exact) mass is 402 g/mol. The highest BCUT2D eigenvalue weighted by Crippen LogP contribution is 2.34. The van der Waals surface area contributed by atoms with Crippen LogP contribution in [-0.2, 0) is 4.79 Å². The summed E-state index contributed by atoms with van der Waals surface area (Å²) in [7, 11) is 1.66. The third-order valence-electron chi connectivity index (χ3n) is 5.21. The molecule has 0 unspecified atom stereocenters. The topological polar surface area (TPSA) is 126 Å². The molecule has 154 valence electrons. The molecule has 2 aromatic rings. The number of ether oxygens (including phenoxy) is 1. The molecule has 4 rings (SSSR count). The number of amides is 1. The molecule has 1 amide bonds. The van der Waals surface area contributed by atoms with Gasteiger partial charge in [0.1, 0.15) is 35.6 Å². The van der Waals surface area contributed by atoms with Crippen LogP contribution in [0.15, 0.2) is 24.3 Å². The molecule has 2 heterocycles. The number of carbonyl (C=O) groups is 1. The first kappa shape index (κ1) is 19.3. The van der Waals surface area contributed by atoms with Crippen LogP contribution in [0, 0.1) is 12.7 Å². The van der Waals surface area contributed by atoms with E-state index in [2.05, 4.69) is 20.6 Å². The molecule has 5 N–H and O–H groups in total. The van der Waals surface area contributed by atoms with Crippen LogP contribution >= 0.6 is 0 Å². The van der Waals surface area contributed by atoms with E-state index in [4.69, 9.17) is 10.5 Å². The summed E-state index contributed by atoms with van der Waals surface area (Å²) in [6.45, 7) is 1.78. The van der Waals surface area contributed by atoms with Gasteiger partial charge in [-0.1, -0.05) is 0 Å². The Morgan fingerprint density at radius 3 is 2.69 bits per heavy atom. The van der Waals surface area contributed by atoms with E-state index in [1.807, 2.05) is 0 Å². The number of aliphatic hydroxyl groups is 1. The van der Waals surface area contributed by atoms with Crippen molar-refractivity contribution in [2.24, 2.45) is 5.73 Å². The lowest BCUT2D eigenvalue weighted by molar-refractivity contribution is -0.119. The zero-order valence-corrected chi connectivity index (χ0v) is 16.1. The van der Waals surface area contributed by atoms with Gasteiger partial charge < -0.3 is 31.1 Å². The Kier molecular flexibility index (Phi) is 4.97. The van der Waals surface area contributed by atoms with Gasteiger partial charge in [0, 0.05) is 25.9 Å². The van der Waals surface area contributed by atoms with Gasteiger partial charge in [0.25, 0.3) is 5.91 Å². The van der Waals surface area contributed by atoms with Crippen molar-refractivity contribution in [3.8, 4) is 5.75 Å². The summed E-state index contributed by atoms with van der Waals surface area (Å²) in [6, 6.07) is 5.17. The number of hydrogen-bond acceptors (Lipinski definition) is 8. The number of nitrogens with one attached hydrogen (secondary N) is 2. The Bertz CT molecular complexity index is 917. The van der Waals surface area contributed by atoms with E-state index in [1.165, 1.54) is 12.1 Å². The number of aliphatic hydroxyl groups excluding tert-OH is 1. The average molecular weight is 402 g/mol. The predicted octanol–water partition coefficient (Wildman–Crippen LogP) is 0.980. The SMILES string of the molecule is Cc1nc(NC2CC(Oc3ccc(F)cc3)C2)nc2c1NC(=O)[C@H]([C@@H](N)O)N2C. The molecule has 1 aromatic heterocycles. The lowest BCUT2D eigenvalue weighted by Crippen LogP contribution is -2.56. The Hall–Kier alpha value is -2.98. The number of benzene rings is 1. The second-order valence-corrected chi connectivity index (χ2v) is 7.37. The van der Waals surface area contributed by atoms with Crippen molar-refractivity contribution in [3.05, 3.63) is 35.8 Å². The normalized spacial score (nSPS) is 24.2. The van der Waals surface area contributed by atoms with Crippen molar-refractivity contribution in [2.75, 3.05) is 22.6 Å². The summed E-state index contributed by atoms with van der Waals surface area (Å²) in [5.41, 5.74) is 6.66. The second kappa shape index (κ2) is 7.45. The fourth-order valence-corrected chi connectivity index (χ4v) is 3.58. The lowest BCUT2D eigenvalue weighted by Gasteiger charge is -2.37. The van der Waals surface area contributed by atoms with Crippen molar-refractivity contribution in [1.82, 2.24) is 9.97 Å². The number of nitrogens with two attached hydrogens (primary N) is 1. The molecule has 2 aliphatic rings. The van der Waals surface area contributed by atoms with E-state index < -0.39 is 18.2 Å². The Morgan fingerprint density at radius 1 is 1.34 bits per heavy atom. The minimum atomic E-state index is -1.34. The first-order valence-electron chi connectivity index (χ1n) is 9.36. The zero-order valence-electron chi connectivity index (χ0n) is 16.1.